The van der Waals surface area contributed by atoms with Crippen molar-refractivity contribution in [3.8, 4) is 0 Å². The molecule has 5 N–H and O–H groups in total. The van der Waals surface area contributed by atoms with Gasteiger partial charge in [0.05, 0.1) is 52.1 Å². The Morgan fingerprint density at radius 3 is 2.14 bits per heavy atom. The first-order chi connectivity index (χ1) is 16.7. The molecule has 0 aliphatic carbocycles. The van der Waals surface area contributed by atoms with Crippen molar-refractivity contribution in [3.63, 3.8) is 0 Å². The van der Waals surface area contributed by atoms with Crippen molar-refractivity contribution in [2.45, 2.75) is 6.10 Å². The summed E-state index contributed by atoms with van der Waals surface area (Å²) in [7, 11) is 1.39. The van der Waals surface area contributed by atoms with Crippen LogP contribution in [0, 0.1) is 11.6 Å². The van der Waals surface area contributed by atoms with Crippen molar-refractivity contribution in [3.05, 3.63) is 23.8 Å². The Hall–Kier alpha value is -3.30. The summed E-state index contributed by atoms with van der Waals surface area (Å²) in [5.74, 6) is -2.86. The highest BCUT2D eigenvalue weighted by atomic mass is 32.1. The molecule has 0 spiro atoms. The summed E-state index contributed by atoms with van der Waals surface area (Å²) < 4.78 is 40.3. The molecule has 192 valence electrons. The zero-order valence-corrected chi connectivity index (χ0v) is 19.9. The van der Waals surface area contributed by atoms with Gasteiger partial charge in [0.25, 0.3) is 17.0 Å². The maximum Gasteiger partial charge on any atom is 0.414 e. The van der Waals surface area contributed by atoms with E-state index in [1.807, 2.05) is 0 Å². The van der Waals surface area contributed by atoms with E-state index in [9.17, 15) is 14.4 Å². The van der Waals surface area contributed by atoms with Gasteiger partial charge in [-0.3, -0.25) is 14.5 Å². The Kier molecular flexibility index (Phi) is 8.58. The van der Waals surface area contributed by atoms with Crippen LogP contribution in [0.1, 0.15) is 0 Å². The van der Waals surface area contributed by atoms with Crippen LogP contribution in [0.5, 0.6) is 0 Å². The second kappa shape index (κ2) is 11.4. The van der Waals surface area contributed by atoms with Crippen LogP contribution in [0.4, 0.5) is 25.0 Å². The molecule has 3 rings (SSSR count). The van der Waals surface area contributed by atoms with E-state index in [0.29, 0.717) is 0 Å². The Labute approximate surface area is 205 Å². The molecule has 0 radical (unpaired) electrons. The van der Waals surface area contributed by atoms with Crippen LogP contribution in [0.2, 0.25) is 0 Å². The van der Waals surface area contributed by atoms with E-state index >= 15 is 8.78 Å². The predicted octanol–water partition coefficient (Wildman–Crippen LogP) is -0.879. The van der Waals surface area contributed by atoms with Gasteiger partial charge in [-0.2, -0.15) is 0 Å². The lowest BCUT2D eigenvalue weighted by Gasteiger charge is -2.32. The van der Waals surface area contributed by atoms with Crippen LogP contribution >= 0.6 is 12.2 Å². The van der Waals surface area contributed by atoms with E-state index in [-0.39, 0.29) is 68.9 Å². The topological polar surface area (TPSA) is 147 Å². The average Bonchev–Trinajstić information content (AvgIpc) is 3.08. The van der Waals surface area contributed by atoms with Gasteiger partial charge in [0.1, 0.15) is 11.8 Å². The van der Waals surface area contributed by atoms with Crippen molar-refractivity contribution in [2.24, 2.45) is 11.5 Å². The quantitative estimate of drug-likeness (QED) is 0.408. The largest absolute Gasteiger partial charge is 0.474 e. The summed E-state index contributed by atoms with van der Waals surface area (Å²) in [5.41, 5.74) is 10.5. The predicted molar refractivity (Wildman–Crippen MR) is 125 cm³/mol. The molecule has 35 heavy (non-hydrogen) atoms. The number of ether oxygens (including phenoxy) is 2. The molecule has 0 saturated carbocycles. The molecule has 2 saturated heterocycles. The third-order valence-corrected chi connectivity index (χ3v) is 5.85. The Morgan fingerprint density at radius 2 is 1.66 bits per heavy atom. The molecule has 12 nitrogen and oxygen atoms in total. The molecule has 2 fully saturated rings. The first-order valence-corrected chi connectivity index (χ1v) is 11.2. The zero-order chi connectivity index (χ0) is 25.7. The van der Waals surface area contributed by atoms with Crippen LogP contribution in [0.3, 0.4) is 0 Å². The summed E-state index contributed by atoms with van der Waals surface area (Å²) in [5, 5.41) is 5.16. The fourth-order valence-electron chi connectivity index (χ4n) is 3.86. The van der Waals surface area contributed by atoms with Crippen molar-refractivity contribution in [2.75, 3.05) is 69.3 Å². The Morgan fingerprint density at radius 1 is 1.11 bits per heavy atom. The minimum Gasteiger partial charge on any atom is -0.474 e. The molecular weight excluding hydrogens is 488 g/mol. The molecular formula is C20H27F2N7O5S. The number of hydrogen-bond acceptors (Lipinski definition) is 9. The molecule has 1 atom stereocenters. The van der Waals surface area contributed by atoms with Gasteiger partial charge in [0.2, 0.25) is 0 Å². The summed E-state index contributed by atoms with van der Waals surface area (Å²) in [6, 6.07) is 2.07. The highest BCUT2D eigenvalue weighted by molar-refractivity contribution is 7.80. The molecule has 1 aromatic carbocycles. The number of anilines is 2. The average molecular weight is 516 g/mol. The lowest BCUT2D eigenvalue weighted by atomic mass is 10.2. The van der Waals surface area contributed by atoms with E-state index < -0.39 is 35.6 Å². The zero-order valence-electron chi connectivity index (χ0n) is 19.0. The number of halogens is 2. The number of hydrazine groups is 1. The number of amides is 3. The number of carbonyl (C=O) groups is 3. The van der Waals surface area contributed by atoms with Crippen molar-refractivity contribution in [1.82, 2.24) is 15.3 Å². The van der Waals surface area contributed by atoms with E-state index in [2.05, 4.69) is 5.32 Å². The lowest BCUT2D eigenvalue weighted by molar-refractivity contribution is -0.160. The fourth-order valence-corrected chi connectivity index (χ4v) is 3.94. The Balaban J connectivity index is 1.77. The van der Waals surface area contributed by atoms with Crippen LogP contribution in [0.15, 0.2) is 12.1 Å². The summed E-state index contributed by atoms with van der Waals surface area (Å²) >= 11 is 4.87. The lowest BCUT2D eigenvalue weighted by Crippen LogP contribution is -2.53. The first-order valence-electron chi connectivity index (χ1n) is 10.7. The van der Waals surface area contributed by atoms with E-state index in [0.717, 1.165) is 27.1 Å². The highest BCUT2D eigenvalue weighted by Gasteiger charge is 2.35. The van der Waals surface area contributed by atoms with E-state index in [4.69, 9.17) is 33.2 Å². The second-order valence-electron chi connectivity index (χ2n) is 7.68. The number of thiocarbonyl (C=S) groups is 1. The van der Waals surface area contributed by atoms with E-state index in [1.54, 1.807) is 0 Å². The standard InChI is InChI=1S/C20H27F2N7O5S/c1-33-19(35)25-10-13-11-27(20(32)34-13)12-6-14(21)18(15(22)7-12)26-2-4-28(16(30)8-23)29(5-3-26)17(31)9-24/h6-7,13H,2-5,8-11,23-24H2,1H3,(H,25,35)/t13-/m0/s1. The van der Waals surface area contributed by atoms with Crippen LogP contribution in [-0.4, -0.2) is 98.7 Å². The van der Waals surface area contributed by atoms with Gasteiger partial charge < -0.3 is 31.2 Å². The minimum atomic E-state index is -0.912. The maximum atomic E-state index is 15.1. The van der Waals surface area contributed by atoms with Crippen molar-refractivity contribution >= 4 is 46.7 Å². The summed E-state index contributed by atoms with van der Waals surface area (Å²) in [6.07, 6.45) is -1.36. The van der Waals surface area contributed by atoms with Gasteiger partial charge in [-0.05, 0) is 12.2 Å². The number of carbonyl (C=O) groups excluding carboxylic acids is 3. The van der Waals surface area contributed by atoms with Crippen molar-refractivity contribution in [1.29, 1.82) is 0 Å². The molecule has 3 amide bonds. The molecule has 0 bridgehead atoms. The molecule has 15 heteroatoms. The third-order valence-electron chi connectivity index (χ3n) is 5.54. The summed E-state index contributed by atoms with van der Waals surface area (Å²) in [4.78, 5) is 39.2. The number of nitrogens with two attached hydrogens (primary N) is 2. The number of methoxy groups -OCH3 is 1. The number of benzene rings is 1. The first kappa shape index (κ1) is 26.3. The van der Waals surface area contributed by atoms with E-state index in [1.165, 1.54) is 12.0 Å². The normalized spacial score (nSPS) is 18.3. The number of hydrogen-bond donors (Lipinski definition) is 3. The maximum absolute atomic E-state index is 15.1. The number of nitrogens with one attached hydrogen (secondary N) is 1. The number of rotatable bonds is 6. The van der Waals surface area contributed by atoms with Gasteiger partial charge in [-0.1, -0.05) is 0 Å². The Bertz CT molecular complexity index is 952. The molecule has 2 aliphatic rings. The summed E-state index contributed by atoms with van der Waals surface area (Å²) in [6.45, 7) is -0.457. The van der Waals surface area contributed by atoms with Gasteiger partial charge in [-0.25, -0.2) is 23.6 Å². The fraction of sp³-hybridized carbons (Fsp3) is 0.500. The monoisotopic (exact) mass is 515 g/mol. The molecule has 2 aliphatic heterocycles. The number of cyclic esters (lactones) is 1. The second-order valence-corrected chi connectivity index (χ2v) is 8.05. The third kappa shape index (κ3) is 5.86. The van der Waals surface area contributed by atoms with Gasteiger partial charge in [0.15, 0.2) is 11.6 Å². The van der Waals surface area contributed by atoms with Crippen LogP contribution < -0.4 is 26.6 Å². The molecule has 1 aromatic rings. The van der Waals surface area contributed by atoms with Crippen LogP contribution in [0.25, 0.3) is 0 Å². The minimum absolute atomic E-state index is 0.0136. The van der Waals surface area contributed by atoms with Gasteiger partial charge in [0, 0.05) is 25.2 Å². The van der Waals surface area contributed by atoms with Crippen LogP contribution in [-0.2, 0) is 19.1 Å². The van der Waals surface area contributed by atoms with Gasteiger partial charge in [-0.15, -0.1) is 0 Å². The SMILES string of the molecule is COC(=S)NC[C@H]1CN(c2cc(F)c(N3CCN(C(=O)CN)N(C(=O)CN)CC3)c(F)c2)C(=O)O1. The smallest absolute Gasteiger partial charge is 0.414 e. The van der Waals surface area contributed by atoms with Gasteiger partial charge >= 0.3 is 6.09 Å². The molecule has 0 aromatic heterocycles. The highest BCUT2D eigenvalue weighted by Crippen LogP contribution is 2.31. The molecule has 0 unspecified atom stereocenters. The van der Waals surface area contributed by atoms with Crippen molar-refractivity contribution < 1.29 is 32.6 Å². The molecule has 2 heterocycles. The number of nitrogens with zero attached hydrogens (tertiary/aromatic N) is 4.